The van der Waals surface area contributed by atoms with Crippen LogP contribution in [0.2, 0.25) is 0 Å². The van der Waals surface area contributed by atoms with E-state index >= 15 is 0 Å². The lowest BCUT2D eigenvalue weighted by Gasteiger charge is -2.46. The maximum atomic E-state index is 13.6. The van der Waals surface area contributed by atoms with Crippen LogP contribution in [0.3, 0.4) is 0 Å². The zero-order valence-corrected chi connectivity index (χ0v) is 14.1. The normalized spacial score (nSPS) is 20.3. The van der Waals surface area contributed by atoms with E-state index in [1.165, 1.54) is 12.1 Å². The van der Waals surface area contributed by atoms with Gasteiger partial charge in [0.05, 0.1) is 12.0 Å². The van der Waals surface area contributed by atoms with Gasteiger partial charge in [0.15, 0.2) is 0 Å². The number of hydrogen-bond acceptors (Lipinski definition) is 3. The maximum Gasteiger partial charge on any atom is 0.233 e. The third-order valence-electron chi connectivity index (χ3n) is 5.30. The number of rotatable bonds is 4. The van der Waals surface area contributed by atoms with Crippen LogP contribution in [-0.2, 0) is 15.0 Å². The maximum absolute atomic E-state index is 13.6. The van der Waals surface area contributed by atoms with E-state index in [1.54, 1.807) is 13.1 Å². The summed E-state index contributed by atoms with van der Waals surface area (Å²) < 4.78 is 13.6. The van der Waals surface area contributed by atoms with E-state index in [0.717, 1.165) is 24.8 Å². The second-order valence-electron chi connectivity index (χ2n) is 6.69. The Hall–Kier alpha value is -1.95. The first-order valence-electron chi connectivity index (χ1n) is 8.53. The average Bonchev–Trinajstić information content (AvgIpc) is 2.54. The highest BCUT2D eigenvalue weighted by molar-refractivity contribution is 5.89. The number of nitrogens with one attached hydrogen (secondary N) is 1. The van der Waals surface area contributed by atoms with Gasteiger partial charge >= 0.3 is 0 Å². The highest BCUT2D eigenvalue weighted by Gasteiger charge is 2.48. The van der Waals surface area contributed by atoms with Gasteiger partial charge in [0.1, 0.15) is 5.82 Å². The minimum Gasteiger partial charge on any atom is -0.358 e. The molecule has 2 fully saturated rings. The molecule has 6 heteroatoms. The van der Waals surface area contributed by atoms with Gasteiger partial charge < -0.3 is 10.2 Å². The summed E-state index contributed by atoms with van der Waals surface area (Å²) >= 11 is 0. The van der Waals surface area contributed by atoms with Crippen molar-refractivity contribution in [2.75, 3.05) is 39.8 Å². The van der Waals surface area contributed by atoms with E-state index in [-0.39, 0.29) is 17.6 Å². The Bertz CT molecular complexity index is 622. The molecule has 1 aliphatic heterocycles. The van der Waals surface area contributed by atoms with Crippen LogP contribution in [0.4, 0.5) is 4.39 Å². The van der Waals surface area contributed by atoms with Gasteiger partial charge in [0.25, 0.3) is 0 Å². The number of amides is 2. The molecule has 0 bridgehead atoms. The quantitative estimate of drug-likeness (QED) is 0.899. The lowest BCUT2D eigenvalue weighted by molar-refractivity contribution is -0.142. The highest BCUT2D eigenvalue weighted by atomic mass is 19.1. The third kappa shape index (κ3) is 3.15. The second-order valence-corrected chi connectivity index (χ2v) is 6.69. The summed E-state index contributed by atoms with van der Waals surface area (Å²) in [4.78, 5) is 28.5. The van der Waals surface area contributed by atoms with Gasteiger partial charge in [-0.05, 0) is 30.5 Å². The lowest BCUT2D eigenvalue weighted by Crippen LogP contribution is -2.57. The fourth-order valence-corrected chi connectivity index (χ4v) is 3.64. The first-order chi connectivity index (χ1) is 11.5. The molecule has 0 aromatic heterocycles. The van der Waals surface area contributed by atoms with Crippen molar-refractivity contribution in [1.82, 2.24) is 15.1 Å². The summed E-state index contributed by atoms with van der Waals surface area (Å²) in [5, 5.41) is 2.62. The largest absolute Gasteiger partial charge is 0.358 e. The number of piperazine rings is 1. The van der Waals surface area contributed by atoms with Crippen molar-refractivity contribution in [3.63, 3.8) is 0 Å². The Kier molecular flexibility index (Phi) is 4.85. The van der Waals surface area contributed by atoms with Gasteiger partial charge in [0.2, 0.25) is 11.8 Å². The predicted octanol–water partition coefficient (Wildman–Crippen LogP) is 1.14. The zero-order valence-electron chi connectivity index (χ0n) is 14.1. The van der Waals surface area contributed by atoms with Crippen molar-refractivity contribution >= 4 is 11.8 Å². The zero-order chi connectivity index (χ0) is 17.2. The number of carbonyl (C=O) groups excluding carboxylic acids is 2. The van der Waals surface area contributed by atoms with Crippen LogP contribution in [0.15, 0.2) is 24.3 Å². The number of hydrogen-bond donors (Lipinski definition) is 1. The van der Waals surface area contributed by atoms with Crippen LogP contribution < -0.4 is 5.32 Å². The van der Waals surface area contributed by atoms with Gasteiger partial charge in [-0.25, -0.2) is 4.39 Å². The monoisotopic (exact) mass is 333 g/mol. The van der Waals surface area contributed by atoms with Crippen LogP contribution in [-0.4, -0.2) is 61.4 Å². The van der Waals surface area contributed by atoms with Gasteiger partial charge in [-0.1, -0.05) is 18.6 Å². The first kappa shape index (κ1) is 16.9. The molecular weight excluding hydrogens is 309 g/mol. The molecule has 0 atom stereocenters. The van der Waals surface area contributed by atoms with Crippen LogP contribution in [0, 0.1) is 5.82 Å². The minimum absolute atomic E-state index is 0.00926. The Labute approximate surface area is 141 Å². The molecule has 1 N–H and O–H groups in total. The van der Waals surface area contributed by atoms with E-state index in [0.29, 0.717) is 32.7 Å². The van der Waals surface area contributed by atoms with Gasteiger partial charge in [0, 0.05) is 33.2 Å². The summed E-state index contributed by atoms with van der Waals surface area (Å²) in [5.74, 6) is -0.189. The highest BCUT2D eigenvalue weighted by Crippen LogP contribution is 2.45. The van der Waals surface area contributed by atoms with Crippen molar-refractivity contribution in [3.05, 3.63) is 35.6 Å². The number of halogens is 1. The molecular formula is C18H24FN3O2. The molecule has 5 nitrogen and oxygen atoms in total. The Morgan fingerprint density at radius 1 is 1.21 bits per heavy atom. The Morgan fingerprint density at radius 2 is 1.92 bits per heavy atom. The van der Waals surface area contributed by atoms with Crippen LogP contribution in [0.1, 0.15) is 24.8 Å². The second kappa shape index (κ2) is 6.89. The van der Waals surface area contributed by atoms with E-state index in [4.69, 9.17) is 0 Å². The van der Waals surface area contributed by atoms with Crippen LogP contribution in [0.25, 0.3) is 0 Å². The number of benzene rings is 1. The molecule has 1 saturated carbocycles. The molecule has 2 aliphatic rings. The van der Waals surface area contributed by atoms with Crippen molar-refractivity contribution in [2.45, 2.75) is 24.7 Å². The fourth-order valence-electron chi connectivity index (χ4n) is 3.64. The van der Waals surface area contributed by atoms with E-state index in [1.807, 2.05) is 11.0 Å². The van der Waals surface area contributed by atoms with E-state index in [9.17, 15) is 14.0 Å². The number of carbonyl (C=O) groups is 2. The first-order valence-corrected chi connectivity index (χ1v) is 8.53. The smallest absolute Gasteiger partial charge is 0.233 e. The SMILES string of the molecule is CNC(=O)CN1CCN(C(=O)C2(c3cccc(F)c3)CCC2)CC1. The van der Waals surface area contributed by atoms with Crippen molar-refractivity contribution < 1.29 is 14.0 Å². The molecule has 130 valence electrons. The topological polar surface area (TPSA) is 52.7 Å². The van der Waals surface area contributed by atoms with Gasteiger partial charge in [-0.3, -0.25) is 14.5 Å². The Balaban J connectivity index is 1.67. The number of likely N-dealkylation sites (N-methyl/N-ethyl adjacent to an activating group) is 1. The Morgan fingerprint density at radius 3 is 2.46 bits per heavy atom. The molecule has 2 amide bonds. The predicted molar refractivity (Wildman–Crippen MR) is 89.0 cm³/mol. The summed E-state index contributed by atoms with van der Waals surface area (Å²) in [5.41, 5.74) is 0.247. The molecule has 1 aromatic carbocycles. The third-order valence-corrected chi connectivity index (χ3v) is 5.30. The molecule has 3 rings (SSSR count). The molecule has 1 aromatic rings. The van der Waals surface area contributed by atoms with Crippen LogP contribution in [0.5, 0.6) is 0 Å². The summed E-state index contributed by atoms with van der Waals surface area (Å²) in [7, 11) is 1.63. The summed E-state index contributed by atoms with van der Waals surface area (Å²) in [6.07, 6.45) is 2.57. The van der Waals surface area contributed by atoms with Crippen molar-refractivity contribution in [1.29, 1.82) is 0 Å². The fraction of sp³-hybridized carbons (Fsp3) is 0.556. The van der Waals surface area contributed by atoms with E-state index < -0.39 is 5.41 Å². The molecule has 1 aliphatic carbocycles. The molecule has 0 unspecified atom stereocenters. The standard InChI is InChI=1S/C18H24FN3O2/c1-20-16(23)13-21-8-10-22(11-9-21)17(24)18(6-3-7-18)14-4-2-5-15(19)12-14/h2,4-5,12H,3,6-11,13H2,1H3,(H,20,23). The lowest BCUT2D eigenvalue weighted by atomic mass is 9.63. The van der Waals surface area contributed by atoms with Gasteiger partial charge in [-0.2, -0.15) is 0 Å². The molecule has 24 heavy (non-hydrogen) atoms. The number of nitrogens with zero attached hydrogens (tertiary/aromatic N) is 2. The summed E-state index contributed by atoms with van der Waals surface area (Å²) in [6.45, 7) is 2.99. The van der Waals surface area contributed by atoms with Crippen LogP contribution >= 0.6 is 0 Å². The van der Waals surface area contributed by atoms with Gasteiger partial charge in [-0.15, -0.1) is 0 Å². The van der Waals surface area contributed by atoms with Crippen molar-refractivity contribution in [3.8, 4) is 0 Å². The molecule has 1 heterocycles. The minimum atomic E-state index is -0.551. The van der Waals surface area contributed by atoms with E-state index in [2.05, 4.69) is 10.2 Å². The van der Waals surface area contributed by atoms with Crippen molar-refractivity contribution in [2.24, 2.45) is 0 Å². The molecule has 0 radical (unpaired) electrons. The molecule has 1 saturated heterocycles. The molecule has 0 spiro atoms. The average molecular weight is 333 g/mol. The summed E-state index contributed by atoms with van der Waals surface area (Å²) in [6, 6.07) is 6.46.